The molecule has 0 aliphatic heterocycles. The first kappa shape index (κ1) is 9.86. The van der Waals surface area contributed by atoms with E-state index in [0.29, 0.717) is 0 Å². The highest BCUT2D eigenvalue weighted by Gasteiger charge is 2.01. The second kappa shape index (κ2) is 4.70. The summed E-state index contributed by atoms with van der Waals surface area (Å²) in [4.78, 5) is 11.8. The highest BCUT2D eigenvalue weighted by molar-refractivity contribution is 5.53. The number of H-pyrrole nitrogens is 1. The molecule has 2 N–H and O–H groups in total. The molecule has 0 amide bonds. The SMILES string of the molecule is CNCCc1nccc(-c2ccc[nH]2)n1. The van der Waals surface area contributed by atoms with E-state index < -0.39 is 0 Å². The van der Waals surface area contributed by atoms with Crippen molar-refractivity contribution in [3.05, 3.63) is 36.4 Å². The molecule has 4 nitrogen and oxygen atoms in total. The van der Waals surface area contributed by atoms with E-state index in [0.717, 1.165) is 30.2 Å². The topological polar surface area (TPSA) is 53.6 Å². The van der Waals surface area contributed by atoms with Gasteiger partial charge in [0.05, 0.1) is 11.4 Å². The molecule has 0 aliphatic carbocycles. The highest BCUT2D eigenvalue weighted by Crippen LogP contribution is 2.12. The largest absolute Gasteiger partial charge is 0.360 e. The number of hydrogen-bond acceptors (Lipinski definition) is 3. The van der Waals surface area contributed by atoms with Gasteiger partial charge in [0.1, 0.15) is 5.82 Å². The Morgan fingerprint density at radius 1 is 1.40 bits per heavy atom. The van der Waals surface area contributed by atoms with Crippen molar-refractivity contribution >= 4 is 0 Å². The predicted molar refractivity (Wildman–Crippen MR) is 59.4 cm³/mol. The molecule has 0 radical (unpaired) electrons. The van der Waals surface area contributed by atoms with Crippen molar-refractivity contribution < 1.29 is 0 Å². The lowest BCUT2D eigenvalue weighted by Crippen LogP contribution is -2.12. The van der Waals surface area contributed by atoms with E-state index in [4.69, 9.17) is 0 Å². The first-order valence-corrected chi connectivity index (χ1v) is 5.00. The molecule has 0 aliphatic rings. The third-order valence-electron chi connectivity index (χ3n) is 2.18. The van der Waals surface area contributed by atoms with Crippen LogP contribution in [0.3, 0.4) is 0 Å². The van der Waals surface area contributed by atoms with Crippen LogP contribution in [0, 0.1) is 0 Å². The van der Waals surface area contributed by atoms with Crippen molar-refractivity contribution in [3.8, 4) is 11.4 Å². The molecule has 2 rings (SSSR count). The molecule has 0 unspecified atom stereocenters. The number of hydrogen-bond donors (Lipinski definition) is 2. The van der Waals surface area contributed by atoms with Crippen LogP contribution in [-0.4, -0.2) is 28.5 Å². The van der Waals surface area contributed by atoms with Crippen molar-refractivity contribution in [2.45, 2.75) is 6.42 Å². The Labute approximate surface area is 88.8 Å². The molecule has 0 aromatic carbocycles. The van der Waals surface area contributed by atoms with Gasteiger partial charge in [-0.1, -0.05) is 0 Å². The van der Waals surface area contributed by atoms with Crippen molar-refractivity contribution in [2.24, 2.45) is 0 Å². The molecular formula is C11H14N4. The number of nitrogens with one attached hydrogen (secondary N) is 2. The molecule has 0 spiro atoms. The Morgan fingerprint density at radius 2 is 2.33 bits per heavy atom. The van der Waals surface area contributed by atoms with Crippen LogP contribution in [0.25, 0.3) is 11.4 Å². The van der Waals surface area contributed by atoms with E-state index in [1.54, 1.807) is 6.20 Å². The molecule has 0 saturated heterocycles. The lowest BCUT2D eigenvalue weighted by Gasteiger charge is -2.01. The fraction of sp³-hybridized carbons (Fsp3) is 0.273. The van der Waals surface area contributed by atoms with Gasteiger partial charge < -0.3 is 10.3 Å². The zero-order valence-corrected chi connectivity index (χ0v) is 8.70. The summed E-state index contributed by atoms with van der Waals surface area (Å²) < 4.78 is 0. The fourth-order valence-electron chi connectivity index (χ4n) is 1.40. The number of aromatic amines is 1. The van der Waals surface area contributed by atoms with Gasteiger partial charge in [-0.25, -0.2) is 9.97 Å². The second-order valence-corrected chi connectivity index (χ2v) is 3.30. The summed E-state index contributed by atoms with van der Waals surface area (Å²) >= 11 is 0. The maximum Gasteiger partial charge on any atom is 0.130 e. The van der Waals surface area contributed by atoms with E-state index in [1.165, 1.54) is 0 Å². The predicted octanol–water partition coefficient (Wildman–Crippen LogP) is 1.23. The quantitative estimate of drug-likeness (QED) is 0.784. The van der Waals surface area contributed by atoms with Crippen LogP contribution in [0.4, 0.5) is 0 Å². The summed E-state index contributed by atoms with van der Waals surface area (Å²) in [5, 5.41) is 3.08. The third kappa shape index (κ3) is 2.41. The molecule has 0 saturated carbocycles. The summed E-state index contributed by atoms with van der Waals surface area (Å²) in [6, 6.07) is 5.88. The Kier molecular flexibility index (Phi) is 3.09. The van der Waals surface area contributed by atoms with Crippen molar-refractivity contribution in [1.29, 1.82) is 0 Å². The Hall–Kier alpha value is -1.68. The van der Waals surface area contributed by atoms with Gasteiger partial charge in [0.25, 0.3) is 0 Å². The highest BCUT2D eigenvalue weighted by atomic mass is 14.9. The third-order valence-corrected chi connectivity index (χ3v) is 2.18. The van der Waals surface area contributed by atoms with Gasteiger partial charge in [0.15, 0.2) is 0 Å². The molecule has 2 aromatic heterocycles. The molecule has 15 heavy (non-hydrogen) atoms. The lowest BCUT2D eigenvalue weighted by molar-refractivity contribution is 0.756. The Bertz CT molecular complexity index is 408. The minimum Gasteiger partial charge on any atom is -0.360 e. The molecule has 4 heteroatoms. The molecular weight excluding hydrogens is 188 g/mol. The maximum absolute atomic E-state index is 4.47. The van der Waals surface area contributed by atoms with Gasteiger partial charge in [-0.3, -0.25) is 0 Å². The van der Waals surface area contributed by atoms with Crippen molar-refractivity contribution in [2.75, 3.05) is 13.6 Å². The smallest absolute Gasteiger partial charge is 0.130 e. The summed E-state index contributed by atoms with van der Waals surface area (Å²) in [6.07, 6.45) is 4.55. The number of likely N-dealkylation sites (N-methyl/N-ethyl adjacent to an activating group) is 1. The Morgan fingerprint density at radius 3 is 3.07 bits per heavy atom. The van der Waals surface area contributed by atoms with Gasteiger partial charge in [-0.2, -0.15) is 0 Å². The minimum atomic E-state index is 0.852. The summed E-state index contributed by atoms with van der Waals surface area (Å²) in [7, 11) is 1.93. The maximum atomic E-state index is 4.47. The molecule has 2 aromatic rings. The van der Waals surface area contributed by atoms with Crippen molar-refractivity contribution in [1.82, 2.24) is 20.3 Å². The molecule has 0 fully saturated rings. The summed E-state index contributed by atoms with van der Waals surface area (Å²) in [5.41, 5.74) is 1.98. The monoisotopic (exact) mass is 202 g/mol. The van der Waals surface area contributed by atoms with Crippen molar-refractivity contribution in [3.63, 3.8) is 0 Å². The number of nitrogens with zero attached hydrogens (tertiary/aromatic N) is 2. The van der Waals surface area contributed by atoms with E-state index in [2.05, 4.69) is 20.3 Å². The van der Waals surface area contributed by atoms with Crippen LogP contribution >= 0.6 is 0 Å². The van der Waals surface area contributed by atoms with Gasteiger partial charge in [-0.15, -0.1) is 0 Å². The normalized spacial score (nSPS) is 10.5. The average Bonchev–Trinajstić information content (AvgIpc) is 2.80. The summed E-state index contributed by atoms with van der Waals surface area (Å²) in [6.45, 7) is 0.897. The molecule has 78 valence electrons. The average molecular weight is 202 g/mol. The van der Waals surface area contributed by atoms with E-state index in [-0.39, 0.29) is 0 Å². The fourth-order valence-corrected chi connectivity index (χ4v) is 1.40. The molecule has 0 atom stereocenters. The first-order valence-electron chi connectivity index (χ1n) is 5.00. The van der Waals surface area contributed by atoms with Crippen LogP contribution in [0.15, 0.2) is 30.6 Å². The molecule has 0 bridgehead atoms. The van der Waals surface area contributed by atoms with Gasteiger partial charge in [0.2, 0.25) is 0 Å². The standard InChI is InChI=1S/C11H14N4/c1-12-7-5-11-14-8-4-10(15-11)9-3-2-6-13-9/h2-4,6,8,12-13H,5,7H2,1H3. The zero-order valence-electron chi connectivity index (χ0n) is 8.70. The second-order valence-electron chi connectivity index (χ2n) is 3.30. The van der Waals surface area contributed by atoms with E-state index in [1.807, 2.05) is 31.4 Å². The molecule has 2 heterocycles. The van der Waals surface area contributed by atoms with E-state index in [9.17, 15) is 0 Å². The van der Waals surface area contributed by atoms with Crippen LogP contribution in [-0.2, 0) is 6.42 Å². The van der Waals surface area contributed by atoms with Crippen LogP contribution in [0.5, 0.6) is 0 Å². The Balaban J connectivity index is 2.19. The summed E-state index contributed by atoms with van der Waals surface area (Å²) in [5.74, 6) is 0.872. The van der Waals surface area contributed by atoms with Crippen LogP contribution < -0.4 is 5.32 Å². The zero-order chi connectivity index (χ0) is 10.5. The first-order chi connectivity index (χ1) is 7.40. The lowest BCUT2D eigenvalue weighted by atomic mass is 10.3. The van der Waals surface area contributed by atoms with Gasteiger partial charge >= 0.3 is 0 Å². The number of rotatable bonds is 4. The number of aromatic nitrogens is 3. The minimum absolute atomic E-state index is 0.852. The van der Waals surface area contributed by atoms with Gasteiger partial charge in [0, 0.05) is 25.4 Å². The van der Waals surface area contributed by atoms with Crippen LogP contribution in [0.2, 0.25) is 0 Å². The van der Waals surface area contributed by atoms with Crippen LogP contribution in [0.1, 0.15) is 5.82 Å². The van der Waals surface area contributed by atoms with E-state index >= 15 is 0 Å². The van der Waals surface area contributed by atoms with Gasteiger partial charge in [-0.05, 0) is 25.2 Å².